The van der Waals surface area contributed by atoms with Gasteiger partial charge in [0, 0.05) is 17.2 Å². The molecule has 0 aliphatic carbocycles. The van der Waals surface area contributed by atoms with Crippen LogP contribution in [0.25, 0.3) is 0 Å². The smallest absolute Gasteiger partial charge is 0.329 e. The van der Waals surface area contributed by atoms with Crippen molar-refractivity contribution in [2.24, 2.45) is 0 Å². The van der Waals surface area contributed by atoms with Crippen molar-refractivity contribution >= 4 is 17.6 Å². The number of nitrogens with zero attached hydrogens (tertiary/aromatic N) is 1. The summed E-state index contributed by atoms with van der Waals surface area (Å²) in [5, 5.41) is 14.3. The van der Waals surface area contributed by atoms with Gasteiger partial charge in [-0.25, -0.2) is 4.79 Å². The van der Waals surface area contributed by atoms with Gasteiger partial charge in [0.25, 0.3) is 11.6 Å². The van der Waals surface area contributed by atoms with Crippen LogP contribution in [0.5, 0.6) is 0 Å². The summed E-state index contributed by atoms with van der Waals surface area (Å²) in [5.74, 6) is 4.59. The number of amides is 1. The fraction of sp³-hybridized carbons (Fsp3) is 0.241. The Morgan fingerprint density at radius 1 is 0.972 bits per heavy atom. The molecule has 0 saturated carbocycles. The molecule has 0 heterocycles. The van der Waals surface area contributed by atoms with Crippen LogP contribution in [-0.2, 0) is 16.0 Å². The summed E-state index contributed by atoms with van der Waals surface area (Å²) < 4.78 is 5.52. The first-order valence-corrected chi connectivity index (χ1v) is 11.6. The van der Waals surface area contributed by atoms with Crippen molar-refractivity contribution in [1.29, 1.82) is 0 Å². The summed E-state index contributed by atoms with van der Waals surface area (Å²) in [4.78, 5) is 36.9. The second kappa shape index (κ2) is 11.8. The molecular formula is C29H28N2O5. The molecule has 0 aliphatic rings. The minimum absolute atomic E-state index is 0.106. The van der Waals surface area contributed by atoms with Gasteiger partial charge < -0.3 is 10.1 Å². The molecule has 7 nitrogen and oxygen atoms in total. The van der Waals surface area contributed by atoms with Crippen molar-refractivity contribution in [2.45, 2.75) is 45.3 Å². The number of carbonyl (C=O) groups excluding carboxylic acids is 2. The highest BCUT2D eigenvalue weighted by molar-refractivity contribution is 5.97. The highest BCUT2D eigenvalue weighted by atomic mass is 16.6. The fourth-order valence-electron chi connectivity index (χ4n) is 3.42. The summed E-state index contributed by atoms with van der Waals surface area (Å²) in [7, 11) is 0. The van der Waals surface area contributed by atoms with Gasteiger partial charge >= 0.3 is 5.97 Å². The monoisotopic (exact) mass is 484 g/mol. The molecule has 0 radical (unpaired) electrons. The summed E-state index contributed by atoms with van der Waals surface area (Å²) in [6, 6.07) is 21.7. The Morgan fingerprint density at radius 2 is 1.61 bits per heavy atom. The number of hydrogen-bond donors (Lipinski definition) is 1. The van der Waals surface area contributed by atoms with E-state index in [1.165, 1.54) is 18.2 Å². The van der Waals surface area contributed by atoms with Crippen molar-refractivity contribution in [3.63, 3.8) is 0 Å². The number of hydrogen-bond acceptors (Lipinski definition) is 5. The van der Waals surface area contributed by atoms with Crippen LogP contribution < -0.4 is 5.32 Å². The van der Waals surface area contributed by atoms with Gasteiger partial charge in [-0.1, -0.05) is 60.4 Å². The second-order valence-corrected chi connectivity index (χ2v) is 9.19. The fourth-order valence-corrected chi connectivity index (χ4v) is 3.42. The van der Waals surface area contributed by atoms with Crippen molar-refractivity contribution < 1.29 is 19.2 Å². The van der Waals surface area contributed by atoms with Crippen molar-refractivity contribution in [3.05, 3.63) is 111 Å². The molecule has 0 saturated heterocycles. The van der Waals surface area contributed by atoms with Gasteiger partial charge in [-0.15, -0.1) is 0 Å². The SMILES string of the molecule is CC(C)(C)OC(=O)[C@H](CCc1ccccc1)NC(=O)c1ccc([N+](=O)[O-])c(C#Cc2ccccc2)c1. The molecule has 0 fully saturated rings. The minimum Gasteiger partial charge on any atom is -0.458 e. The quantitative estimate of drug-likeness (QED) is 0.219. The molecule has 3 aromatic rings. The molecule has 3 rings (SSSR count). The molecule has 0 unspecified atom stereocenters. The van der Waals surface area contributed by atoms with Crippen LogP contribution >= 0.6 is 0 Å². The molecule has 0 aliphatic heterocycles. The molecule has 0 bridgehead atoms. The van der Waals surface area contributed by atoms with Gasteiger partial charge in [-0.3, -0.25) is 14.9 Å². The maximum Gasteiger partial charge on any atom is 0.329 e. The lowest BCUT2D eigenvalue weighted by molar-refractivity contribution is -0.385. The first-order chi connectivity index (χ1) is 17.1. The lowest BCUT2D eigenvalue weighted by Gasteiger charge is -2.24. The summed E-state index contributed by atoms with van der Waals surface area (Å²) in [6.45, 7) is 5.28. The number of nitro groups is 1. The van der Waals surface area contributed by atoms with E-state index in [1.54, 1.807) is 32.9 Å². The largest absolute Gasteiger partial charge is 0.458 e. The molecule has 1 atom stereocenters. The summed E-state index contributed by atoms with van der Waals surface area (Å²) >= 11 is 0. The van der Waals surface area contributed by atoms with Crippen LogP contribution in [0.15, 0.2) is 78.9 Å². The van der Waals surface area contributed by atoms with Crippen LogP contribution in [0.4, 0.5) is 5.69 Å². The van der Waals surface area contributed by atoms with Crippen LogP contribution in [0, 0.1) is 22.0 Å². The van der Waals surface area contributed by atoms with Crippen LogP contribution in [0.2, 0.25) is 0 Å². The van der Waals surface area contributed by atoms with E-state index in [0.29, 0.717) is 18.4 Å². The van der Waals surface area contributed by atoms with Gasteiger partial charge in [0.05, 0.1) is 4.92 Å². The van der Waals surface area contributed by atoms with E-state index < -0.39 is 28.4 Å². The van der Waals surface area contributed by atoms with Crippen molar-refractivity contribution in [1.82, 2.24) is 5.32 Å². The average Bonchev–Trinajstić information content (AvgIpc) is 2.85. The van der Waals surface area contributed by atoms with E-state index in [2.05, 4.69) is 17.2 Å². The van der Waals surface area contributed by atoms with Crippen molar-refractivity contribution in [2.75, 3.05) is 0 Å². The van der Waals surface area contributed by atoms with E-state index in [0.717, 1.165) is 5.56 Å². The zero-order valence-corrected chi connectivity index (χ0v) is 20.5. The van der Waals surface area contributed by atoms with Gasteiger partial charge in [0.1, 0.15) is 17.2 Å². The number of nitrogens with one attached hydrogen (secondary N) is 1. The number of rotatable bonds is 7. The predicted molar refractivity (Wildman–Crippen MR) is 137 cm³/mol. The third-order valence-electron chi connectivity index (χ3n) is 5.13. The predicted octanol–water partition coefficient (Wildman–Crippen LogP) is 5.07. The highest BCUT2D eigenvalue weighted by Crippen LogP contribution is 2.20. The number of benzene rings is 3. The minimum atomic E-state index is -0.897. The molecule has 1 amide bonds. The van der Waals surface area contributed by atoms with E-state index >= 15 is 0 Å². The lowest BCUT2D eigenvalue weighted by Crippen LogP contribution is -2.44. The highest BCUT2D eigenvalue weighted by Gasteiger charge is 2.27. The van der Waals surface area contributed by atoms with E-state index in [-0.39, 0.29) is 16.8 Å². The molecule has 36 heavy (non-hydrogen) atoms. The average molecular weight is 485 g/mol. The Morgan fingerprint density at radius 3 is 2.22 bits per heavy atom. The van der Waals surface area contributed by atoms with Gasteiger partial charge in [0.15, 0.2) is 0 Å². The third kappa shape index (κ3) is 7.81. The number of ether oxygens (including phenoxy) is 1. The maximum absolute atomic E-state index is 13.1. The number of esters is 1. The van der Waals surface area contributed by atoms with E-state index in [9.17, 15) is 19.7 Å². The number of aryl methyl sites for hydroxylation is 1. The molecule has 0 spiro atoms. The summed E-state index contributed by atoms with van der Waals surface area (Å²) in [5.41, 5.74) is 1.05. The standard InChI is InChI=1S/C29H28N2O5/c1-29(2,3)36-28(33)25(18-15-22-12-8-5-9-13-22)30-27(32)24-17-19-26(31(34)35)23(20-24)16-14-21-10-6-4-7-11-21/h4-13,17,19-20,25H,15,18H2,1-3H3,(H,30,32)/t25-/m0/s1. The third-order valence-corrected chi connectivity index (χ3v) is 5.13. The van der Waals surface area contributed by atoms with Gasteiger partial charge in [-0.05, 0) is 63.4 Å². The molecule has 0 aromatic heterocycles. The molecule has 3 aromatic carbocycles. The normalized spacial score (nSPS) is 11.5. The number of carbonyl (C=O) groups is 2. The van der Waals surface area contributed by atoms with Crippen LogP contribution in [0.3, 0.4) is 0 Å². The van der Waals surface area contributed by atoms with Gasteiger partial charge in [0.2, 0.25) is 0 Å². The van der Waals surface area contributed by atoms with E-state index in [4.69, 9.17) is 4.74 Å². The Labute approximate surface area is 210 Å². The molecule has 1 N–H and O–H groups in total. The molecule has 184 valence electrons. The Balaban J connectivity index is 1.85. The Bertz CT molecular complexity index is 1290. The maximum atomic E-state index is 13.1. The topological polar surface area (TPSA) is 98.5 Å². The Hall–Kier alpha value is -4.44. The Kier molecular flexibility index (Phi) is 8.58. The van der Waals surface area contributed by atoms with Crippen LogP contribution in [0.1, 0.15) is 54.2 Å². The van der Waals surface area contributed by atoms with Crippen LogP contribution in [-0.4, -0.2) is 28.4 Å². The van der Waals surface area contributed by atoms with E-state index in [1.807, 2.05) is 48.5 Å². The first kappa shape index (κ1) is 26.2. The number of nitro benzene ring substituents is 1. The van der Waals surface area contributed by atoms with Gasteiger partial charge in [-0.2, -0.15) is 0 Å². The molecule has 7 heteroatoms. The second-order valence-electron chi connectivity index (χ2n) is 9.19. The zero-order valence-electron chi connectivity index (χ0n) is 20.5. The zero-order chi connectivity index (χ0) is 26.1. The molecular weight excluding hydrogens is 456 g/mol. The van der Waals surface area contributed by atoms with Crippen molar-refractivity contribution in [3.8, 4) is 11.8 Å². The summed E-state index contributed by atoms with van der Waals surface area (Å²) in [6.07, 6.45) is 0.886. The lowest BCUT2D eigenvalue weighted by atomic mass is 10.0. The first-order valence-electron chi connectivity index (χ1n) is 11.6.